The number of aryl methyl sites for hydroxylation is 2. The maximum Gasteiger partial charge on any atom is 0.164 e. The second-order valence-electron chi connectivity index (χ2n) is 4.53. The van der Waals surface area contributed by atoms with E-state index in [9.17, 15) is 4.79 Å². The van der Waals surface area contributed by atoms with Gasteiger partial charge in [-0.25, -0.2) is 0 Å². The lowest BCUT2D eigenvalue weighted by Crippen LogP contribution is -2.04. The molecule has 0 saturated carbocycles. The molecule has 2 heterocycles. The summed E-state index contributed by atoms with van der Waals surface area (Å²) in [6.45, 7) is 4.68. The number of hydrogen-bond acceptors (Lipinski definition) is 2. The highest BCUT2D eigenvalue weighted by Crippen LogP contribution is 2.22. The van der Waals surface area contributed by atoms with Crippen LogP contribution in [0.3, 0.4) is 0 Å². The fourth-order valence-corrected chi connectivity index (χ4v) is 2.81. The summed E-state index contributed by atoms with van der Waals surface area (Å²) in [5, 5.41) is 4.47. The molecule has 0 N–H and O–H groups in total. The van der Waals surface area contributed by atoms with Crippen molar-refractivity contribution in [2.24, 2.45) is 7.05 Å². The summed E-state index contributed by atoms with van der Waals surface area (Å²) in [6, 6.07) is 1.87. The van der Waals surface area contributed by atoms with E-state index in [0.717, 1.165) is 27.8 Å². The van der Waals surface area contributed by atoms with Crippen LogP contribution >= 0.6 is 15.9 Å². The highest BCUT2D eigenvalue weighted by atomic mass is 79.9. The van der Waals surface area contributed by atoms with Crippen molar-refractivity contribution in [1.29, 1.82) is 0 Å². The van der Waals surface area contributed by atoms with Gasteiger partial charge in [0.05, 0.1) is 22.4 Å². The SMILES string of the molecule is CCC(=O)c1ccn(Cc2c(Br)c(CC)nn2C)c1. The molecule has 5 heteroatoms. The van der Waals surface area contributed by atoms with Crippen molar-refractivity contribution in [3.8, 4) is 0 Å². The van der Waals surface area contributed by atoms with Crippen molar-refractivity contribution in [3.05, 3.63) is 39.9 Å². The maximum atomic E-state index is 11.6. The average Bonchev–Trinajstić information content (AvgIpc) is 2.98. The zero-order chi connectivity index (χ0) is 14.0. The second-order valence-corrected chi connectivity index (χ2v) is 5.33. The van der Waals surface area contributed by atoms with Crippen LogP contribution in [0.2, 0.25) is 0 Å². The monoisotopic (exact) mass is 323 g/mol. The van der Waals surface area contributed by atoms with Gasteiger partial charge in [-0.1, -0.05) is 13.8 Å². The summed E-state index contributed by atoms with van der Waals surface area (Å²) < 4.78 is 4.98. The van der Waals surface area contributed by atoms with E-state index >= 15 is 0 Å². The number of carbonyl (C=O) groups is 1. The molecule has 0 fully saturated rings. The number of rotatable bonds is 5. The van der Waals surface area contributed by atoms with E-state index in [1.165, 1.54) is 0 Å². The minimum Gasteiger partial charge on any atom is -0.348 e. The van der Waals surface area contributed by atoms with Gasteiger partial charge in [0.25, 0.3) is 0 Å². The van der Waals surface area contributed by atoms with Crippen LogP contribution in [-0.2, 0) is 20.0 Å². The molecule has 2 aromatic heterocycles. The van der Waals surface area contributed by atoms with Crippen LogP contribution in [0.25, 0.3) is 0 Å². The maximum absolute atomic E-state index is 11.6. The molecule has 0 bridgehead atoms. The molecule has 0 aliphatic carbocycles. The summed E-state index contributed by atoms with van der Waals surface area (Å²) in [5.41, 5.74) is 2.95. The summed E-state index contributed by atoms with van der Waals surface area (Å²) in [5.74, 6) is 0.178. The highest BCUT2D eigenvalue weighted by molar-refractivity contribution is 9.10. The molecule has 0 amide bonds. The second kappa shape index (κ2) is 5.74. The molecule has 0 radical (unpaired) electrons. The fourth-order valence-electron chi connectivity index (χ4n) is 2.07. The summed E-state index contributed by atoms with van der Waals surface area (Å²) in [7, 11) is 1.95. The Kier molecular flexibility index (Phi) is 4.24. The number of halogens is 1. The van der Waals surface area contributed by atoms with Crippen molar-refractivity contribution in [3.63, 3.8) is 0 Å². The van der Waals surface area contributed by atoms with E-state index in [4.69, 9.17) is 0 Å². The van der Waals surface area contributed by atoms with Gasteiger partial charge in [0.1, 0.15) is 0 Å². The smallest absolute Gasteiger partial charge is 0.164 e. The number of ketones is 1. The third kappa shape index (κ3) is 2.81. The quantitative estimate of drug-likeness (QED) is 0.793. The van der Waals surface area contributed by atoms with E-state index in [1.807, 2.05) is 41.7 Å². The van der Waals surface area contributed by atoms with Crippen LogP contribution < -0.4 is 0 Å². The Bertz CT molecular complexity index is 598. The Hall–Kier alpha value is -1.36. The number of hydrogen-bond donors (Lipinski definition) is 0. The van der Waals surface area contributed by atoms with Crippen molar-refractivity contribution in [1.82, 2.24) is 14.3 Å². The molecule has 2 rings (SSSR count). The van der Waals surface area contributed by atoms with Crippen LogP contribution in [-0.4, -0.2) is 20.1 Å². The standard InChI is InChI=1S/C14H18BrN3O/c1-4-11-14(15)12(17(3)16-11)9-18-7-6-10(8-18)13(19)5-2/h6-8H,4-5,9H2,1-3H3. The Morgan fingerprint density at radius 1 is 1.42 bits per heavy atom. The van der Waals surface area contributed by atoms with Crippen LogP contribution in [0.1, 0.15) is 42.0 Å². The van der Waals surface area contributed by atoms with Crippen LogP contribution in [0.5, 0.6) is 0 Å². The fraction of sp³-hybridized carbons (Fsp3) is 0.429. The zero-order valence-electron chi connectivity index (χ0n) is 11.5. The third-order valence-corrected chi connectivity index (χ3v) is 4.14. The lowest BCUT2D eigenvalue weighted by molar-refractivity contribution is 0.0988. The topological polar surface area (TPSA) is 39.8 Å². The van der Waals surface area contributed by atoms with Crippen LogP contribution in [0, 0.1) is 0 Å². The molecule has 0 aromatic carbocycles. The number of Topliss-reactive ketones (excluding diaryl/α,β-unsaturated/α-hetero) is 1. The molecule has 0 aliphatic heterocycles. The lowest BCUT2D eigenvalue weighted by Gasteiger charge is -2.04. The molecule has 0 unspecified atom stereocenters. The molecule has 2 aromatic rings. The molecule has 0 aliphatic rings. The van der Waals surface area contributed by atoms with Gasteiger partial charge >= 0.3 is 0 Å². The minimum absolute atomic E-state index is 0.178. The van der Waals surface area contributed by atoms with Gasteiger partial charge in [0.15, 0.2) is 5.78 Å². The summed E-state index contributed by atoms with van der Waals surface area (Å²) in [6.07, 6.45) is 5.28. The van der Waals surface area contributed by atoms with Gasteiger partial charge in [0, 0.05) is 31.4 Å². The van der Waals surface area contributed by atoms with Crippen molar-refractivity contribution in [2.45, 2.75) is 33.2 Å². The first-order chi connectivity index (χ1) is 9.06. The minimum atomic E-state index is 0.178. The van der Waals surface area contributed by atoms with E-state index in [2.05, 4.69) is 28.0 Å². The molecule has 102 valence electrons. The normalized spacial score (nSPS) is 10.9. The average molecular weight is 324 g/mol. The van der Waals surface area contributed by atoms with Crippen molar-refractivity contribution < 1.29 is 4.79 Å². The Balaban J connectivity index is 2.24. The number of nitrogens with zero attached hydrogens (tertiary/aromatic N) is 3. The van der Waals surface area contributed by atoms with Crippen LogP contribution in [0.4, 0.5) is 0 Å². The van der Waals surface area contributed by atoms with Crippen LogP contribution in [0.15, 0.2) is 22.9 Å². The third-order valence-electron chi connectivity index (χ3n) is 3.23. The predicted molar refractivity (Wildman–Crippen MR) is 78.4 cm³/mol. The van der Waals surface area contributed by atoms with E-state index in [-0.39, 0.29) is 5.78 Å². The van der Waals surface area contributed by atoms with Gasteiger partial charge in [-0.05, 0) is 28.4 Å². The predicted octanol–water partition coefficient (Wildman–Crippen LogP) is 3.19. The highest BCUT2D eigenvalue weighted by Gasteiger charge is 2.13. The Morgan fingerprint density at radius 3 is 2.74 bits per heavy atom. The molecular formula is C14H18BrN3O. The Morgan fingerprint density at radius 2 is 2.16 bits per heavy atom. The van der Waals surface area contributed by atoms with Crippen molar-refractivity contribution in [2.75, 3.05) is 0 Å². The number of carbonyl (C=O) groups excluding carboxylic acids is 1. The summed E-state index contributed by atoms with van der Waals surface area (Å²) in [4.78, 5) is 11.6. The summed E-state index contributed by atoms with van der Waals surface area (Å²) >= 11 is 3.61. The van der Waals surface area contributed by atoms with E-state index in [0.29, 0.717) is 13.0 Å². The number of aromatic nitrogens is 3. The van der Waals surface area contributed by atoms with Crippen molar-refractivity contribution >= 4 is 21.7 Å². The molecule has 4 nitrogen and oxygen atoms in total. The molecular weight excluding hydrogens is 306 g/mol. The lowest BCUT2D eigenvalue weighted by atomic mass is 10.2. The molecule has 19 heavy (non-hydrogen) atoms. The molecule has 0 spiro atoms. The first-order valence-corrected chi connectivity index (χ1v) is 7.25. The first kappa shape index (κ1) is 14.1. The van der Waals surface area contributed by atoms with Gasteiger partial charge in [-0.15, -0.1) is 0 Å². The van der Waals surface area contributed by atoms with E-state index < -0.39 is 0 Å². The Labute approximate surface area is 121 Å². The van der Waals surface area contributed by atoms with Gasteiger partial charge in [-0.2, -0.15) is 5.10 Å². The zero-order valence-corrected chi connectivity index (χ0v) is 13.1. The van der Waals surface area contributed by atoms with E-state index in [1.54, 1.807) is 0 Å². The van der Waals surface area contributed by atoms with Gasteiger partial charge in [-0.3, -0.25) is 9.48 Å². The largest absolute Gasteiger partial charge is 0.348 e. The van der Waals surface area contributed by atoms with Gasteiger partial charge < -0.3 is 4.57 Å². The first-order valence-electron chi connectivity index (χ1n) is 6.46. The molecule has 0 saturated heterocycles. The molecule has 0 atom stereocenters. The van der Waals surface area contributed by atoms with Gasteiger partial charge in [0.2, 0.25) is 0 Å².